The number of thiol groups is 1. The van der Waals surface area contributed by atoms with Gasteiger partial charge in [0.25, 0.3) is 0 Å². The molecule has 6 aliphatic rings. The normalized spacial score (nSPS) is 46.4. The van der Waals surface area contributed by atoms with Gasteiger partial charge in [-0.3, -0.25) is 0 Å². The van der Waals surface area contributed by atoms with Crippen LogP contribution in [0.5, 0.6) is 0 Å². The second-order valence-corrected chi connectivity index (χ2v) is 20.8. The lowest BCUT2D eigenvalue weighted by molar-refractivity contribution is 0.0549. The van der Waals surface area contributed by atoms with Gasteiger partial charge < -0.3 is 0 Å². The van der Waals surface area contributed by atoms with Crippen molar-refractivity contribution in [2.45, 2.75) is 218 Å². The first-order valence-corrected chi connectivity index (χ1v) is 22.6. The summed E-state index contributed by atoms with van der Waals surface area (Å²) in [6.45, 7) is 5.13. The molecule has 0 spiro atoms. The first-order valence-electron chi connectivity index (χ1n) is 22.1. The second kappa shape index (κ2) is 18.0. The second-order valence-electron chi connectivity index (χ2n) is 19.7. The van der Waals surface area contributed by atoms with Crippen LogP contribution < -0.4 is 0 Å². The van der Waals surface area contributed by atoms with Crippen molar-refractivity contribution < 1.29 is 0 Å². The Morgan fingerprint density at radius 2 is 0.848 bits per heavy atom. The summed E-state index contributed by atoms with van der Waals surface area (Å²) in [5.74, 6) is 11.1. The van der Waals surface area contributed by atoms with E-state index >= 15 is 0 Å². The fourth-order valence-corrected chi connectivity index (χ4v) is 14.0. The third-order valence-electron chi connectivity index (χ3n) is 16.0. The van der Waals surface area contributed by atoms with Crippen molar-refractivity contribution in [3.05, 3.63) is 0 Å². The molecule has 9 bridgehead atoms. The standard InChI is InChI=1S/C45H80S/c1-34-13-3-5-15-35-18-9-20-37-21-10-19-36-16-6-7-17-38-32-44-42(31-36)27-26-41(30-37)40(29-35)23-11-25-43(44)39(22-8-4-14-34)24-12-28-45(2,46)33-38/h34-44,46H,3-33H2,1-2H3. The maximum absolute atomic E-state index is 5.44. The fourth-order valence-electron chi connectivity index (χ4n) is 13.5. The van der Waals surface area contributed by atoms with Crippen molar-refractivity contribution >= 4 is 12.6 Å². The molecule has 0 saturated heterocycles. The number of fused-ring (bicyclic) bond motifs is 7. The molecule has 0 aliphatic heterocycles. The van der Waals surface area contributed by atoms with E-state index in [1.165, 1.54) is 83.5 Å². The molecule has 12 unspecified atom stereocenters. The van der Waals surface area contributed by atoms with Gasteiger partial charge in [-0.15, -0.1) is 0 Å². The van der Waals surface area contributed by atoms with E-state index in [0.717, 1.165) is 65.1 Å². The van der Waals surface area contributed by atoms with Crippen LogP contribution in [-0.2, 0) is 0 Å². The lowest BCUT2D eigenvalue weighted by Gasteiger charge is -2.46. The van der Waals surface area contributed by atoms with Crippen molar-refractivity contribution in [1.82, 2.24) is 0 Å². The monoisotopic (exact) mass is 653 g/mol. The van der Waals surface area contributed by atoms with Gasteiger partial charge in [0.2, 0.25) is 0 Å². The average molecular weight is 653 g/mol. The number of hydrogen-bond donors (Lipinski definition) is 1. The molecule has 6 fully saturated rings. The maximum Gasteiger partial charge on any atom is 0.0104 e. The lowest BCUT2D eigenvalue weighted by atomic mass is 9.60. The quantitative estimate of drug-likeness (QED) is 0.247. The van der Waals surface area contributed by atoms with E-state index in [1.807, 2.05) is 0 Å². The van der Waals surface area contributed by atoms with E-state index in [2.05, 4.69) is 13.8 Å². The van der Waals surface area contributed by atoms with Crippen molar-refractivity contribution in [2.75, 3.05) is 0 Å². The lowest BCUT2D eigenvalue weighted by Crippen LogP contribution is -2.36. The van der Waals surface area contributed by atoms with E-state index in [9.17, 15) is 0 Å². The Labute approximate surface area is 294 Å². The van der Waals surface area contributed by atoms with E-state index in [0.29, 0.717) is 0 Å². The molecular formula is C45H80S. The summed E-state index contributed by atoms with van der Waals surface area (Å²) in [5, 5.41) is 0. The molecule has 6 saturated carbocycles. The highest BCUT2D eigenvalue weighted by Crippen LogP contribution is 2.52. The minimum atomic E-state index is 0.247. The summed E-state index contributed by atoms with van der Waals surface area (Å²) in [6, 6.07) is 0. The molecule has 1 heteroatoms. The van der Waals surface area contributed by atoms with Crippen LogP contribution in [0.15, 0.2) is 0 Å². The summed E-state index contributed by atoms with van der Waals surface area (Å²) in [4.78, 5) is 0. The Kier molecular flexibility index (Phi) is 14.2. The topological polar surface area (TPSA) is 0 Å². The molecular weight excluding hydrogens is 573 g/mol. The van der Waals surface area contributed by atoms with Crippen molar-refractivity contribution in [2.24, 2.45) is 65.1 Å². The van der Waals surface area contributed by atoms with E-state index in [1.54, 1.807) is 116 Å². The highest BCUT2D eigenvalue weighted by Gasteiger charge is 2.41. The smallest absolute Gasteiger partial charge is 0.0104 e. The molecule has 0 aromatic heterocycles. The van der Waals surface area contributed by atoms with Crippen LogP contribution in [-0.4, -0.2) is 4.75 Å². The van der Waals surface area contributed by atoms with Gasteiger partial charge in [-0.1, -0.05) is 155 Å². The molecule has 0 aromatic rings. The molecule has 0 heterocycles. The first-order chi connectivity index (χ1) is 22.4. The molecule has 0 N–H and O–H groups in total. The first kappa shape index (κ1) is 36.2. The fraction of sp³-hybridized carbons (Fsp3) is 1.00. The molecule has 12 atom stereocenters. The van der Waals surface area contributed by atoms with Crippen LogP contribution in [0.4, 0.5) is 0 Å². The van der Waals surface area contributed by atoms with Crippen LogP contribution in [0.3, 0.4) is 0 Å². The average Bonchev–Trinajstić information content (AvgIpc) is 3.06. The molecule has 0 radical (unpaired) electrons. The van der Waals surface area contributed by atoms with Gasteiger partial charge in [-0.25, -0.2) is 0 Å². The molecule has 46 heavy (non-hydrogen) atoms. The van der Waals surface area contributed by atoms with Crippen molar-refractivity contribution in [1.29, 1.82) is 0 Å². The summed E-state index contributed by atoms with van der Waals surface area (Å²) < 4.78 is 0.247. The number of hydrogen-bond acceptors (Lipinski definition) is 1. The molecule has 6 rings (SSSR count). The van der Waals surface area contributed by atoms with Crippen LogP contribution in [0.1, 0.15) is 213 Å². The zero-order chi connectivity index (χ0) is 31.8. The van der Waals surface area contributed by atoms with E-state index in [4.69, 9.17) is 12.6 Å². The molecule has 266 valence electrons. The third kappa shape index (κ3) is 10.7. The summed E-state index contributed by atoms with van der Waals surface area (Å²) in [6.07, 6.45) is 47.7. The van der Waals surface area contributed by atoms with E-state index in [-0.39, 0.29) is 4.75 Å². The summed E-state index contributed by atoms with van der Waals surface area (Å²) >= 11 is 5.44. The van der Waals surface area contributed by atoms with Crippen molar-refractivity contribution in [3.8, 4) is 0 Å². The predicted molar refractivity (Wildman–Crippen MR) is 205 cm³/mol. The van der Waals surface area contributed by atoms with Gasteiger partial charge in [0.15, 0.2) is 0 Å². The van der Waals surface area contributed by atoms with Gasteiger partial charge in [0.1, 0.15) is 0 Å². The highest BCUT2D eigenvalue weighted by atomic mass is 32.1. The Morgan fingerprint density at radius 3 is 1.52 bits per heavy atom. The molecule has 0 amide bonds. The van der Waals surface area contributed by atoms with Crippen LogP contribution in [0.25, 0.3) is 0 Å². The highest BCUT2D eigenvalue weighted by molar-refractivity contribution is 7.81. The Bertz CT molecular complexity index is 861. The van der Waals surface area contributed by atoms with Crippen LogP contribution in [0, 0.1) is 65.1 Å². The molecule has 0 nitrogen and oxygen atoms in total. The summed E-state index contributed by atoms with van der Waals surface area (Å²) in [5.41, 5.74) is 0. The van der Waals surface area contributed by atoms with Gasteiger partial charge in [-0.05, 0) is 123 Å². The minimum Gasteiger partial charge on any atom is -0.173 e. The number of rotatable bonds is 0. The summed E-state index contributed by atoms with van der Waals surface area (Å²) in [7, 11) is 0. The van der Waals surface area contributed by atoms with Crippen LogP contribution in [0.2, 0.25) is 0 Å². The molecule has 6 aliphatic carbocycles. The third-order valence-corrected chi connectivity index (χ3v) is 16.4. The largest absolute Gasteiger partial charge is 0.173 e. The Hall–Kier alpha value is 0.350. The predicted octanol–water partition coefficient (Wildman–Crippen LogP) is 14.6. The van der Waals surface area contributed by atoms with Crippen LogP contribution >= 0.6 is 12.6 Å². The van der Waals surface area contributed by atoms with Gasteiger partial charge >= 0.3 is 0 Å². The Balaban J connectivity index is 1.38. The van der Waals surface area contributed by atoms with Gasteiger partial charge in [-0.2, -0.15) is 12.6 Å². The zero-order valence-corrected chi connectivity index (χ0v) is 32.1. The van der Waals surface area contributed by atoms with Gasteiger partial charge in [0.05, 0.1) is 0 Å². The van der Waals surface area contributed by atoms with Crippen molar-refractivity contribution in [3.63, 3.8) is 0 Å². The minimum absolute atomic E-state index is 0.247. The maximum atomic E-state index is 5.44. The SMILES string of the molecule is CC1CCCCC2CCCC3CCCC4CCCCC5CC6C(CCC(C3)C(CCCC6C(CCCC1)CCCC(C)(S)C5)C2)C4. The molecule has 0 aromatic carbocycles. The Morgan fingerprint density at radius 1 is 0.391 bits per heavy atom. The van der Waals surface area contributed by atoms with Gasteiger partial charge in [0, 0.05) is 4.75 Å². The zero-order valence-electron chi connectivity index (χ0n) is 31.2. The van der Waals surface area contributed by atoms with E-state index < -0.39 is 0 Å².